The van der Waals surface area contributed by atoms with Crippen molar-refractivity contribution in [2.75, 3.05) is 39.3 Å². The van der Waals surface area contributed by atoms with Gasteiger partial charge in [-0.15, -0.1) is 0 Å². The van der Waals surface area contributed by atoms with Crippen molar-refractivity contribution in [3.8, 4) is 0 Å². The number of amides is 3. The first kappa shape index (κ1) is 19.8. The van der Waals surface area contributed by atoms with Crippen LogP contribution in [-0.2, 0) is 14.8 Å². The summed E-state index contributed by atoms with van der Waals surface area (Å²) < 4.78 is 27.3. The SMILES string of the molecule is Cc1ccc(S(=O)(=O)N2CCCN([C@H](C)C(=O)N3CCNC3=O)CC2)cc1. The Labute approximate surface area is 160 Å². The molecule has 1 aromatic carbocycles. The van der Waals surface area contributed by atoms with Crippen molar-refractivity contribution in [3.05, 3.63) is 29.8 Å². The van der Waals surface area contributed by atoms with Crippen LogP contribution in [0.2, 0.25) is 0 Å². The molecule has 1 atom stereocenters. The van der Waals surface area contributed by atoms with E-state index in [9.17, 15) is 18.0 Å². The second-order valence-corrected chi connectivity index (χ2v) is 8.94. The Balaban J connectivity index is 1.67. The lowest BCUT2D eigenvalue weighted by molar-refractivity contribution is -0.132. The maximum absolute atomic E-state index is 12.9. The molecule has 9 heteroatoms. The van der Waals surface area contributed by atoms with Gasteiger partial charge in [-0.2, -0.15) is 4.31 Å². The number of rotatable bonds is 4. The average Bonchev–Trinajstić information content (AvgIpc) is 2.92. The van der Waals surface area contributed by atoms with Gasteiger partial charge in [-0.05, 0) is 32.4 Å². The summed E-state index contributed by atoms with van der Waals surface area (Å²) in [5.41, 5.74) is 1.01. The van der Waals surface area contributed by atoms with Gasteiger partial charge in [0, 0.05) is 39.3 Å². The summed E-state index contributed by atoms with van der Waals surface area (Å²) in [4.78, 5) is 27.8. The first-order chi connectivity index (χ1) is 12.8. The monoisotopic (exact) mass is 394 g/mol. The van der Waals surface area contributed by atoms with Crippen LogP contribution >= 0.6 is 0 Å². The zero-order valence-corrected chi connectivity index (χ0v) is 16.5. The summed E-state index contributed by atoms with van der Waals surface area (Å²) in [6.07, 6.45) is 0.634. The zero-order chi connectivity index (χ0) is 19.6. The van der Waals surface area contributed by atoms with Gasteiger partial charge in [0.2, 0.25) is 15.9 Å². The normalized spacial score (nSPS) is 21.0. The molecule has 0 spiro atoms. The lowest BCUT2D eigenvalue weighted by Crippen LogP contribution is -2.49. The minimum Gasteiger partial charge on any atom is -0.336 e. The molecule has 2 fully saturated rings. The molecule has 0 aromatic heterocycles. The number of carbonyl (C=O) groups excluding carboxylic acids is 2. The summed E-state index contributed by atoms with van der Waals surface area (Å²) >= 11 is 0. The van der Waals surface area contributed by atoms with Crippen LogP contribution in [0.5, 0.6) is 0 Å². The van der Waals surface area contributed by atoms with Gasteiger partial charge in [-0.1, -0.05) is 17.7 Å². The number of nitrogens with one attached hydrogen (secondary N) is 1. The molecule has 2 aliphatic rings. The number of carbonyl (C=O) groups is 2. The number of benzene rings is 1. The molecule has 27 heavy (non-hydrogen) atoms. The zero-order valence-electron chi connectivity index (χ0n) is 15.7. The Morgan fingerprint density at radius 1 is 1.07 bits per heavy atom. The second-order valence-electron chi connectivity index (χ2n) is 7.00. The Hall–Kier alpha value is -1.97. The molecule has 2 aliphatic heterocycles. The molecule has 0 bridgehead atoms. The van der Waals surface area contributed by atoms with Gasteiger partial charge in [0.05, 0.1) is 10.9 Å². The van der Waals surface area contributed by atoms with Gasteiger partial charge < -0.3 is 5.32 Å². The molecule has 1 aromatic rings. The van der Waals surface area contributed by atoms with Crippen molar-refractivity contribution >= 4 is 22.0 Å². The van der Waals surface area contributed by atoms with E-state index in [1.807, 2.05) is 11.8 Å². The third kappa shape index (κ3) is 4.15. The number of nitrogens with zero attached hydrogens (tertiary/aromatic N) is 3. The van der Waals surface area contributed by atoms with Crippen LogP contribution in [0.4, 0.5) is 4.79 Å². The lowest BCUT2D eigenvalue weighted by Gasteiger charge is -2.28. The summed E-state index contributed by atoms with van der Waals surface area (Å²) in [6, 6.07) is 6.02. The van der Waals surface area contributed by atoms with E-state index in [4.69, 9.17) is 0 Å². The minimum atomic E-state index is -3.55. The molecule has 148 valence electrons. The summed E-state index contributed by atoms with van der Waals surface area (Å²) in [5, 5.41) is 2.63. The van der Waals surface area contributed by atoms with E-state index >= 15 is 0 Å². The number of aryl methyl sites for hydroxylation is 1. The fourth-order valence-electron chi connectivity index (χ4n) is 3.46. The molecule has 8 nitrogen and oxygen atoms in total. The van der Waals surface area contributed by atoms with E-state index in [0.717, 1.165) is 5.56 Å². The van der Waals surface area contributed by atoms with Crippen molar-refractivity contribution in [2.45, 2.75) is 31.2 Å². The smallest absolute Gasteiger partial charge is 0.324 e. The summed E-state index contributed by atoms with van der Waals surface area (Å²) in [7, 11) is -3.55. The average molecular weight is 394 g/mol. The fourth-order valence-corrected chi connectivity index (χ4v) is 4.93. The van der Waals surface area contributed by atoms with E-state index in [0.29, 0.717) is 50.6 Å². The van der Waals surface area contributed by atoms with Crippen LogP contribution in [0.25, 0.3) is 0 Å². The lowest BCUT2D eigenvalue weighted by atomic mass is 10.2. The van der Waals surface area contributed by atoms with Crippen molar-refractivity contribution < 1.29 is 18.0 Å². The highest BCUT2D eigenvalue weighted by atomic mass is 32.2. The third-order valence-electron chi connectivity index (χ3n) is 5.18. The Morgan fingerprint density at radius 2 is 1.78 bits per heavy atom. The summed E-state index contributed by atoms with van der Waals surface area (Å²) in [5.74, 6) is -0.236. The highest BCUT2D eigenvalue weighted by molar-refractivity contribution is 7.89. The Bertz CT molecular complexity index is 809. The maximum atomic E-state index is 12.9. The standard InChI is InChI=1S/C18H26N4O4S/c1-14-4-6-16(7-5-14)27(25,26)21-10-3-9-20(12-13-21)15(2)17(23)22-11-8-19-18(22)24/h4-7,15H,3,8-13H2,1-2H3,(H,19,24)/t15-/m1/s1. The number of hydrogen-bond acceptors (Lipinski definition) is 5. The van der Waals surface area contributed by atoms with Crippen molar-refractivity contribution in [1.82, 2.24) is 19.4 Å². The molecule has 3 rings (SSSR count). The molecule has 0 saturated carbocycles. The molecular weight excluding hydrogens is 368 g/mol. The number of sulfonamides is 1. The van der Waals surface area contributed by atoms with Crippen LogP contribution < -0.4 is 5.32 Å². The van der Waals surface area contributed by atoms with E-state index in [1.165, 1.54) is 9.21 Å². The second kappa shape index (κ2) is 7.95. The Morgan fingerprint density at radius 3 is 2.41 bits per heavy atom. The predicted molar refractivity (Wildman–Crippen MR) is 101 cm³/mol. The van der Waals surface area contributed by atoms with Crippen LogP contribution in [0.3, 0.4) is 0 Å². The Kier molecular flexibility index (Phi) is 5.83. The van der Waals surface area contributed by atoms with Gasteiger partial charge in [0.1, 0.15) is 0 Å². The predicted octanol–water partition coefficient (Wildman–Crippen LogP) is 0.632. The van der Waals surface area contributed by atoms with Crippen LogP contribution in [0.15, 0.2) is 29.2 Å². The molecule has 1 N–H and O–H groups in total. The van der Waals surface area contributed by atoms with Crippen LogP contribution in [-0.4, -0.2) is 79.8 Å². The van der Waals surface area contributed by atoms with Gasteiger partial charge in [0.15, 0.2) is 0 Å². The molecule has 0 unspecified atom stereocenters. The highest BCUT2D eigenvalue weighted by Gasteiger charge is 2.34. The number of hydrogen-bond donors (Lipinski definition) is 1. The molecular formula is C18H26N4O4S. The molecule has 0 radical (unpaired) electrons. The number of urea groups is 1. The molecule has 3 amide bonds. The maximum Gasteiger partial charge on any atom is 0.324 e. The highest BCUT2D eigenvalue weighted by Crippen LogP contribution is 2.19. The fraction of sp³-hybridized carbons (Fsp3) is 0.556. The van der Waals surface area contributed by atoms with Crippen LogP contribution in [0, 0.1) is 6.92 Å². The first-order valence-electron chi connectivity index (χ1n) is 9.21. The molecule has 2 heterocycles. The van der Waals surface area contributed by atoms with Crippen LogP contribution in [0.1, 0.15) is 18.9 Å². The summed E-state index contributed by atoms with van der Waals surface area (Å²) in [6.45, 7) is 6.34. The van der Waals surface area contributed by atoms with E-state index in [2.05, 4.69) is 5.32 Å². The van der Waals surface area contributed by atoms with Crippen molar-refractivity contribution in [3.63, 3.8) is 0 Å². The molecule has 0 aliphatic carbocycles. The first-order valence-corrected chi connectivity index (χ1v) is 10.6. The minimum absolute atomic E-state index is 0.236. The van der Waals surface area contributed by atoms with E-state index < -0.39 is 16.1 Å². The molecule has 2 saturated heterocycles. The van der Waals surface area contributed by atoms with Gasteiger partial charge in [0.25, 0.3) is 0 Å². The number of imide groups is 1. The van der Waals surface area contributed by atoms with Gasteiger partial charge in [-0.3, -0.25) is 14.6 Å². The van der Waals surface area contributed by atoms with E-state index in [1.54, 1.807) is 31.2 Å². The van der Waals surface area contributed by atoms with E-state index in [-0.39, 0.29) is 11.9 Å². The topological polar surface area (TPSA) is 90.0 Å². The quantitative estimate of drug-likeness (QED) is 0.809. The largest absolute Gasteiger partial charge is 0.336 e. The third-order valence-corrected chi connectivity index (χ3v) is 7.09. The van der Waals surface area contributed by atoms with Gasteiger partial charge in [-0.25, -0.2) is 13.2 Å². The van der Waals surface area contributed by atoms with Gasteiger partial charge >= 0.3 is 6.03 Å². The van der Waals surface area contributed by atoms with Crippen molar-refractivity contribution in [2.24, 2.45) is 0 Å². The van der Waals surface area contributed by atoms with Crippen molar-refractivity contribution in [1.29, 1.82) is 0 Å².